The molecule has 0 saturated carbocycles. The van der Waals surface area contributed by atoms with Gasteiger partial charge in [-0.1, -0.05) is 152 Å². The average Bonchev–Trinajstić information content (AvgIpc) is 4.19. The molecule has 1 unspecified atom stereocenters. The van der Waals surface area contributed by atoms with Crippen molar-refractivity contribution in [2.75, 3.05) is 45.5 Å². The standard InChI is InChI=1S/C70H54N4O4/c1-75-41-43-77-57-35-25-51(26-36-57)67-71-68(52-27-37-58(38-28-52)78-44-42-76-2)73-69(72-67)53-29-39-61-59-17-9-11-19-63(59)70(65(61)45-53)64-20-12-10-18-60(64)62-40-34-56(46-66(62)70)74(54-30-21-49(22-31-54)47-13-5-3-6-14-47)55-32-23-50(24-33-55)48-15-7-4-8-16-48/h3-40,45-46H,41-44H2,1-2H3. The van der Waals surface area contributed by atoms with Gasteiger partial charge < -0.3 is 23.8 Å². The molecular formula is C70H54N4O4. The predicted molar refractivity (Wildman–Crippen MR) is 313 cm³/mol. The topological polar surface area (TPSA) is 78.8 Å². The molecule has 2 aliphatic rings. The number of aromatic nitrogens is 3. The maximum Gasteiger partial charge on any atom is 0.164 e. The van der Waals surface area contributed by atoms with Gasteiger partial charge in [0.2, 0.25) is 0 Å². The smallest absolute Gasteiger partial charge is 0.164 e. The molecule has 1 spiro atoms. The summed E-state index contributed by atoms with van der Waals surface area (Å²) in [5, 5.41) is 0. The second-order valence-corrected chi connectivity index (χ2v) is 19.5. The Kier molecular flexibility index (Phi) is 12.9. The molecule has 78 heavy (non-hydrogen) atoms. The van der Waals surface area contributed by atoms with Crippen LogP contribution < -0.4 is 14.4 Å². The summed E-state index contributed by atoms with van der Waals surface area (Å²) in [5.74, 6) is 3.14. The number of nitrogens with zero attached hydrogens (tertiary/aromatic N) is 4. The van der Waals surface area contributed by atoms with Crippen LogP contribution in [0.5, 0.6) is 11.5 Å². The minimum atomic E-state index is -0.681. The number of anilines is 3. The predicted octanol–water partition coefficient (Wildman–Crippen LogP) is 16.1. The summed E-state index contributed by atoms with van der Waals surface area (Å²) in [7, 11) is 3.33. The lowest BCUT2D eigenvalue weighted by Crippen LogP contribution is -2.26. The molecule has 378 valence electrons. The number of fused-ring (bicyclic) bond motifs is 10. The number of hydrogen-bond acceptors (Lipinski definition) is 8. The molecule has 0 saturated heterocycles. The number of benzene rings is 10. The van der Waals surface area contributed by atoms with Crippen molar-refractivity contribution in [2.24, 2.45) is 0 Å². The van der Waals surface area contributed by atoms with E-state index in [-0.39, 0.29) is 0 Å². The highest BCUT2D eigenvalue weighted by Gasteiger charge is 2.52. The lowest BCUT2D eigenvalue weighted by Gasteiger charge is -2.32. The minimum Gasteiger partial charge on any atom is -0.491 e. The van der Waals surface area contributed by atoms with E-state index < -0.39 is 5.41 Å². The Bertz CT molecular complexity index is 3760. The van der Waals surface area contributed by atoms with Gasteiger partial charge in [0.1, 0.15) is 24.7 Å². The normalized spacial score (nSPS) is 13.6. The van der Waals surface area contributed by atoms with Gasteiger partial charge in [-0.15, -0.1) is 0 Å². The molecule has 0 aliphatic heterocycles. The van der Waals surface area contributed by atoms with Gasteiger partial charge in [0.15, 0.2) is 17.5 Å². The highest BCUT2D eigenvalue weighted by atomic mass is 16.5. The van der Waals surface area contributed by atoms with Crippen LogP contribution in [0.1, 0.15) is 22.3 Å². The molecule has 0 bridgehead atoms. The van der Waals surface area contributed by atoms with Gasteiger partial charge in [0.25, 0.3) is 0 Å². The van der Waals surface area contributed by atoms with Gasteiger partial charge in [-0.2, -0.15) is 0 Å². The molecular weight excluding hydrogens is 961 g/mol. The van der Waals surface area contributed by atoms with Crippen molar-refractivity contribution in [1.29, 1.82) is 0 Å². The maximum absolute atomic E-state index is 5.94. The van der Waals surface area contributed by atoms with Crippen molar-refractivity contribution in [3.05, 3.63) is 265 Å². The van der Waals surface area contributed by atoms with E-state index in [4.69, 9.17) is 33.9 Å². The Labute approximate surface area is 454 Å². The van der Waals surface area contributed by atoms with Crippen molar-refractivity contribution in [3.8, 4) is 90.2 Å². The first-order chi connectivity index (χ1) is 38.6. The highest BCUT2D eigenvalue weighted by molar-refractivity contribution is 5.97. The molecule has 2 aliphatic carbocycles. The largest absolute Gasteiger partial charge is 0.491 e. The van der Waals surface area contributed by atoms with Crippen LogP contribution in [0.2, 0.25) is 0 Å². The number of rotatable bonds is 16. The zero-order valence-corrected chi connectivity index (χ0v) is 43.3. The summed E-state index contributed by atoms with van der Waals surface area (Å²) in [4.78, 5) is 18.1. The van der Waals surface area contributed by atoms with Crippen LogP contribution in [-0.4, -0.2) is 55.6 Å². The Morgan fingerprint density at radius 2 is 0.667 bits per heavy atom. The maximum atomic E-state index is 5.94. The van der Waals surface area contributed by atoms with E-state index in [0.717, 1.165) is 56.4 Å². The summed E-state index contributed by atoms with van der Waals surface area (Å²) in [6.45, 7) is 1.89. The fourth-order valence-corrected chi connectivity index (χ4v) is 11.4. The van der Waals surface area contributed by atoms with Crippen LogP contribution in [0.25, 0.3) is 78.7 Å². The van der Waals surface area contributed by atoms with Crippen LogP contribution in [0.3, 0.4) is 0 Å². The molecule has 1 atom stereocenters. The lowest BCUT2D eigenvalue weighted by atomic mass is 9.70. The lowest BCUT2D eigenvalue weighted by molar-refractivity contribution is 0.146. The molecule has 11 aromatic rings. The number of ether oxygens (including phenoxy) is 4. The van der Waals surface area contributed by atoms with Crippen LogP contribution in [0.4, 0.5) is 17.1 Å². The van der Waals surface area contributed by atoms with Gasteiger partial charge in [-0.25, -0.2) is 15.0 Å². The highest BCUT2D eigenvalue weighted by Crippen LogP contribution is 2.63. The van der Waals surface area contributed by atoms with Gasteiger partial charge in [-0.05, 0) is 158 Å². The molecule has 1 aromatic heterocycles. The van der Waals surface area contributed by atoms with E-state index in [0.29, 0.717) is 43.9 Å². The summed E-state index contributed by atoms with van der Waals surface area (Å²) >= 11 is 0. The summed E-state index contributed by atoms with van der Waals surface area (Å²) in [5.41, 5.74) is 19.4. The molecule has 8 heteroatoms. The molecule has 0 fully saturated rings. The fourth-order valence-electron chi connectivity index (χ4n) is 11.4. The summed E-state index contributed by atoms with van der Waals surface area (Å²) < 4.78 is 22.3. The van der Waals surface area contributed by atoms with Crippen LogP contribution in [-0.2, 0) is 14.9 Å². The summed E-state index contributed by atoms with van der Waals surface area (Å²) in [6, 6.07) is 86.4. The van der Waals surface area contributed by atoms with Gasteiger partial charge in [0.05, 0.1) is 18.6 Å². The first-order valence-corrected chi connectivity index (χ1v) is 26.4. The van der Waals surface area contributed by atoms with E-state index in [1.54, 1.807) is 14.2 Å². The van der Waals surface area contributed by atoms with Crippen molar-refractivity contribution < 1.29 is 18.9 Å². The number of hydrogen-bond donors (Lipinski definition) is 0. The Morgan fingerprint density at radius 1 is 0.308 bits per heavy atom. The van der Waals surface area contributed by atoms with Crippen molar-refractivity contribution in [2.45, 2.75) is 5.41 Å². The quantitative estimate of drug-likeness (QED) is 0.0886. The van der Waals surface area contributed by atoms with Gasteiger partial charge >= 0.3 is 0 Å². The Balaban J connectivity index is 0.972. The van der Waals surface area contributed by atoms with Crippen LogP contribution in [0, 0.1) is 0 Å². The summed E-state index contributed by atoms with van der Waals surface area (Å²) in [6.07, 6.45) is 0. The molecule has 0 N–H and O–H groups in total. The zero-order chi connectivity index (χ0) is 52.4. The first kappa shape index (κ1) is 48.2. The molecule has 1 heterocycles. The third-order valence-electron chi connectivity index (χ3n) is 15.0. The van der Waals surface area contributed by atoms with E-state index in [1.165, 1.54) is 55.6 Å². The van der Waals surface area contributed by atoms with Gasteiger partial charge in [0, 0.05) is 48.0 Å². The Hall–Kier alpha value is -9.47. The van der Waals surface area contributed by atoms with Crippen LogP contribution >= 0.6 is 0 Å². The van der Waals surface area contributed by atoms with Crippen LogP contribution in [0.15, 0.2) is 243 Å². The Morgan fingerprint density at radius 3 is 1.14 bits per heavy atom. The van der Waals surface area contributed by atoms with E-state index >= 15 is 0 Å². The molecule has 0 radical (unpaired) electrons. The third-order valence-corrected chi connectivity index (χ3v) is 15.0. The number of methoxy groups -OCH3 is 2. The van der Waals surface area contributed by atoms with Crippen molar-refractivity contribution in [3.63, 3.8) is 0 Å². The van der Waals surface area contributed by atoms with E-state index in [9.17, 15) is 0 Å². The second kappa shape index (κ2) is 20.9. The monoisotopic (exact) mass is 1010 g/mol. The fraction of sp³-hybridized carbons (Fsp3) is 0.100. The average molecular weight is 1020 g/mol. The molecule has 13 rings (SSSR count). The molecule has 0 amide bonds. The van der Waals surface area contributed by atoms with Crippen molar-refractivity contribution in [1.82, 2.24) is 15.0 Å². The first-order valence-electron chi connectivity index (χ1n) is 26.4. The second-order valence-electron chi connectivity index (χ2n) is 19.5. The zero-order valence-electron chi connectivity index (χ0n) is 43.3. The minimum absolute atomic E-state index is 0.450. The van der Waals surface area contributed by atoms with E-state index in [2.05, 4.69) is 199 Å². The molecule has 8 nitrogen and oxygen atoms in total. The van der Waals surface area contributed by atoms with Gasteiger partial charge in [-0.3, -0.25) is 0 Å². The third kappa shape index (κ3) is 8.77. The SMILES string of the molecule is COCCOc1ccc(-c2nc(-c3ccc(OCCOC)cc3)nc(-c3ccc4c(c3)C3(c5ccccc5-4)c4ccccc4-c4ccc(N(c5ccc(-c6ccccc6)cc5)c5ccc(-c6ccccc6)cc5)cc43)n2)cc1. The molecule has 10 aromatic carbocycles. The van der Waals surface area contributed by atoms with Crippen molar-refractivity contribution >= 4 is 17.1 Å². The van der Waals surface area contributed by atoms with E-state index in [1.807, 2.05) is 48.5 Å².